The van der Waals surface area contributed by atoms with Crippen LogP contribution in [0.4, 0.5) is 0 Å². The number of aromatic nitrogens is 2. The molecule has 3 heterocycles. The molecular weight excluding hydrogens is 406 g/mol. The lowest BCUT2D eigenvalue weighted by atomic mass is 10.1. The minimum absolute atomic E-state index is 0. The normalized spacial score (nSPS) is 15.2. The maximum atomic E-state index is 10.5. The number of aromatic hydroxyl groups is 1. The second-order valence-corrected chi connectivity index (χ2v) is 6.65. The topological polar surface area (TPSA) is 50.5 Å². The molecule has 0 bridgehead atoms. The van der Waals surface area contributed by atoms with Crippen molar-refractivity contribution in [1.82, 2.24) is 13.5 Å². The van der Waals surface area contributed by atoms with Crippen molar-refractivity contribution in [2.45, 2.75) is 6.54 Å². The van der Waals surface area contributed by atoms with E-state index in [1.54, 1.807) is 3.59 Å². The van der Waals surface area contributed by atoms with Gasteiger partial charge in [0, 0.05) is 31.2 Å². The first-order valence-corrected chi connectivity index (χ1v) is 8.69. The first-order valence-electron chi connectivity index (χ1n) is 7.98. The first kappa shape index (κ1) is 18.2. The van der Waals surface area contributed by atoms with Crippen LogP contribution in [0.25, 0.3) is 22.2 Å². The summed E-state index contributed by atoms with van der Waals surface area (Å²) in [6.07, 6.45) is 1.89. The maximum absolute atomic E-state index is 10.5. The van der Waals surface area contributed by atoms with E-state index in [9.17, 15) is 5.11 Å². The third kappa shape index (κ3) is 3.53. The second-order valence-electron chi connectivity index (χ2n) is 5.94. The van der Waals surface area contributed by atoms with E-state index in [0.717, 1.165) is 55.0 Å². The smallest absolute Gasteiger partial charge is 0.212 e. The Hall–Kier alpha value is -1.60. The second kappa shape index (κ2) is 7.74. The van der Waals surface area contributed by atoms with Crippen molar-refractivity contribution in [2.24, 2.45) is 0 Å². The molecular formula is C18H19BrClN3O2. The zero-order chi connectivity index (χ0) is 16.5. The molecule has 132 valence electrons. The lowest BCUT2D eigenvalue weighted by molar-refractivity contribution is 0.0341. The minimum atomic E-state index is 0. The molecule has 25 heavy (non-hydrogen) atoms. The molecule has 0 aliphatic carbocycles. The van der Waals surface area contributed by atoms with Crippen molar-refractivity contribution < 1.29 is 9.84 Å². The van der Waals surface area contributed by atoms with Crippen LogP contribution in [-0.2, 0) is 11.3 Å². The Morgan fingerprint density at radius 2 is 1.88 bits per heavy atom. The molecule has 0 radical (unpaired) electrons. The number of benzene rings is 1. The molecule has 0 unspecified atom stereocenters. The van der Waals surface area contributed by atoms with Gasteiger partial charge in [0.1, 0.15) is 0 Å². The Balaban J connectivity index is 0.00000182. The minimum Gasteiger partial charge on any atom is -0.493 e. The van der Waals surface area contributed by atoms with E-state index in [0.29, 0.717) is 0 Å². The quantitative estimate of drug-likeness (QED) is 0.694. The Kier molecular flexibility index (Phi) is 5.64. The van der Waals surface area contributed by atoms with Crippen LogP contribution < -0.4 is 0 Å². The zero-order valence-electron chi connectivity index (χ0n) is 13.6. The molecule has 1 saturated heterocycles. The van der Waals surface area contributed by atoms with Gasteiger partial charge in [0.25, 0.3) is 0 Å². The molecule has 7 heteroatoms. The molecule has 5 nitrogen and oxygen atoms in total. The van der Waals surface area contributed by atoms with Crippen LogP contribution >= 0.6 is 28.6 Å². The highest BCUT2D eigenvalue weighted by molar-refractivity contribution is 9.08. The highest BCUT2D eigenvalue weighted by Crippen LogP contribution is 2.39. The number of morpholine rings is 1. The number of para-hydroxylation sites is 1. The van der Waals surface area contributed by atoms with E-state index in [4.69, 9.17) is 4.74 Å². The maximum Gasteiger partial charge on any atom is 0.212 e. The number of rotatable bonds is 3. The van der Waals surface area contributed by atoms with Gasteiger partial charge in [-0.1, -0.05) is 24.3 Å². The lowest BCUT2D eigenvalue weighted by Gasteiger charge is -2.26. The zero-order valence-corrected chi connectivity index (χ0v) is 16.0. The van der Waals surface area contributed by atoms with E-state index in [1.165, 1.54) is 5.56 Å². The monoisotopic (exact) mass is 423 g/mol. The van der Waals surface area contributed by atoms with Crippen LogP contribution in [0.2, 0.25) is 0 Å². The fourth-order valence-electron chi connectivity index (χ4n) is 3.12. The van der Waals surface area contributed by atoms with Crippen molar-refractivity contribution in [2.75, 3.05) is 26.3 Å². The molecule has 3 aromatic rings. The Bertz CT molecular complexity index is 861. The highest BCUT2D eigenvalue weighted by atomic mass is 79.9. The fraction of sp³-hybridized carbons (Fsp3) is 0.278. The van der Waals surface area contributed by atoms with Crippen LogP contribution in [0, 0.1) is 0 Å². The number of ether oxygens (including phenoxy) is 1. The lowest BCUT2D eigenvalue weighted by Crippen LogP contribution is -2.35. The number of fused-ring (bicyclic) bond motifs is 1. The van der Waals surface area contributed by atoms with Crippen LogP contribution in [0.1, 0.15) is 5.56 Å². The number of pyridine rings is 1. The molecule has 1 fully saturated rings. The summed E-state index contributed by atoms with van der Waals surface area (Å²) in [6, 6.07) is 11.9. The van der Waals surface area contributed by atoms with Crippen molar-refractivity contribution in [1.29, 1.82) is 0 Å². The van der Waals surface area contributed by atoms with E-state index >= 15 is 0 Å². The Labute approximate surface area is 161 Å². The summed E-state index contributed by atoms with van der Waals surface area (Å²) in [7, 11) is 0. The van der Waals surface area contributed by atoms with Gasteiger partial charge in [-0.05, 0) is 17.7 Å². The summed E-state index contributed by atoms with van der Waals surface area (Å²) in [5, 5.41) is 11.4. The molecule has 1 aromatic carbocycles. The first-order chi connectivity index (χ1) is 11.7. The molecule has 0 saturated carbocycles. The van der Waals surface area contributed by atoms with E-state index in [2.05, 4.69) is 32.1 Å². The molecule has 4 rings (SSSR count). The van der Waals surface area contributed by atoms with Gasteiger partial charge < -0.3 is 9.84 Å². The Morgan fingerprint density at radius 1 is 1.12 bits per heavy atom. The van der Waals surface area contributed by atoms with Gasteiger partial charge in [-0.15, -0.1) is 12.4 Å². The molecule has 1 aliphatic heterocycles. The van der Waals surface area contributed by atoms with Crippen LogP contribution in [0.5, 0.6) is 5.88 Å². The van der Waals surface area contributed by atoms with Crippen molar-refractivity contribution >= 4 is 39.5 Å². The number of halogens is 2. The molecule has 0 amide bonds. The molecule has 2 aromatic heterocycles. The number of nitrogens with zero attached hydrogens (tertiary/aromatic N) is 3. The van der Waals surface area contributed by atoms with Crippen LogP contribution in [0.15, 0.2) is 42.6 Å². The summed E-state index contributed by atoms with van der Waals surface area (Å²) >= 11 is 3.40. The SMILES string of the molecule is Cl.Oc1c(-c2ccc(CN3CCOCC3)cn2)c2ccccc2n1Br. The third-order valence-corrected chi connectivity index (χ3v) is 5.10. The van der Waals surface area contributed by atoms with Crippen LogP contribution in [-0.4, -0.2) is 44.9 Å². The average Bonchev–Trinajstić information content (AvgIpc) is 2.88. The van der Waals surface area contributed by atoms with Gasteiger partial charge >= 0.3 is 0 Å². The summed E-state index contributed by atoms with van der Waals surface area (Å²) in [6.45, 7) is 4.39. The number of hydrogen-bond acceptors (Lipinski definition) is 4. The largest absolute Gasteiger partial charge is 0.493 e. The summed E-state index contributed by atoms with van der Waals surface area (Å²) in [5.41, 5.74) is 3.61. The van der Waals surface area contributed by atoms with Crippen molar-refractivity contribution in [3.05, 3.63) is 48.2 Å². The van der Waals surface area contributed by atoms with Gasteiger partial charge in [-0.2, -0.15) is 0 Å². The Morgan fingerprint density at radius 3 is 2.60 bits per heavy atom. The van der Waals surface area contributed by atoms with E-state index < -0.39 is 0 Å². The fourth-order valence-corrected chi connectivity index (χ4v) is 3.61. The van der Waals surface area contributed by atoms with Crippen LogP contribution in [0.3, 0.4) is 0 Å². The molecule has 1 aliphatic rings. The summed E-state index contributed by atoms with van der Waals surface area (Å²) in [5.74, 6) is 0.171. The van der Waals surface area contributed by atoms with E-state index in [1.807, 2.05) is 36.5 Å². The van der Waals surface area contributed by atoms with Gasteiger partial charge in [0.05, 0.1) is 46.1 Å². The summed E-state index contributed by atoms with van der Waals surface area (Å²) in [4.78, 5) is 6.95. The van der Waals surface area contributed by atoms with Crippen molar-refractivity contribution in [3.63, 3.8) is 0 Å². The average molecular weight is 425 g/mol. The predicted octanol–water partition coefficient (Wildman–Crippen LogP) is 3.82. The standard InChI is InChI=1S/C18H18BrN3O2.ClH/c19-22-16-4-2-1-3-14(16)17(18(22)23)15-6-5-13(11-20-15)12-21-7-9-24-10-8-21;/h1-6,11,23H,7-10,12H2;1H. The van der Waals surface area contributed by atoms with Gasteiger partial charge in [-0.3, -0.25) is 9.88 Å². The molecule has 1 N–H and O–H groups in total. The van der Waals surface area contributed by atoms with Gasteiger partial charge in [-0.25, -0.2) is 3.59 Å². The summed E-state index contributed by atoms with van der Waals surface area (Å²) < 4.78 is 6.99. The van der Waals surface area contributed by atoms with Gasteiger partial charge in [0.2, 0.25) is 5.88 Å². The third-order valence-electron chi connectivity index (χ3n) is 4.39. The predicted molar refractivity (Wildman–Crippen MR) is 105 cm³/mol. The number of hydrogen-bond donors (Lipinski definition) is 1. The van der Waals surface area contributed by atoms with E-state index in [-0.39, 0.29) is 18.3 Å². The van der Waals surface area contributed by atoms with Crippen molar-refractivity contribution in [3.8, 4) is 17.1 Å². The highest BCUT2D eigenvalue weighted by Gasteiger charge is 2.18. The van der Waals surface area contributed by atoms with Gasteiger partial charge in [0.15, 0.2) is 0 Å². The molecule has 0 spiro atoms. The molecule has 0 atom stereocenters.